The number of hydrogen-bond acceptors (Lipinski definition) is 3. The lowest BCUT2D eigenvalue weighted by molar-refractivity contribution is 0.0737. The predicted octanol–water partition coefficient (Wildman–Crippen LogP) is 1.77. The van der Waals surface area contributed by atoms with Gasteiger partial charge in [0.2, 0.25) is 0 Å². The monoisotopic (exact) mass is 239 g/mol. The smallest absolute Gasteiger partial charge is 0.184 e. The van der Waals surface area contributed by atoms with Crippen molar-refractivity contribution in [3.05, 3.63) is 41.7 Å². The van der Waals surface area contributed by atoms with Gasteiger partial charge in [-0.05, 0) is 26.0 Å². The van der Waals surface area contributed by atoms with Crippen molar-refractivity contribution < 1.29 is 13.9 Å². The number of hydrogen-bond donors (Lipinski definition) is 1. The normalized spacial score (nSPS) is 11.8. The number of halogens is 2. The molecule has 1 aromatic carbocycles. The molecule has 0 unspecified atom stereocenters. The first-order chi connectivity index (χ1) is 7.89. The van der Waals surface area contributed by atoms with Crippen molar-refractivity contribution in [2.24, 2.45) is 0 Å². The fourth-order valence-corrected chi connectivity index (χ4v) is 1.33. The molecule has 0 fully saturated rings. The number of rotatable bonds is 2. The van der Waals surface area contributed by atoms with Gasteiger partial charge in [-0.2, -0.15) is 0 Å². The molecule has 4 nitrogen and oxygen atoms in total. The van der Waals surface area contributed by atoms with E-state index in [0.29, 0.717) is 0 Å². The zero-order valence-corrected chi connectivity index (χ0v) is 9.35. The summed E-state index contributed by atoms with van der Waals surface area (Å²) in [4.78, 5) is 0. The average molecular weight is 239 g/mol. The van der Waals surface area contributed by atoms with Crippen molar-refractivity contribution in [2.45, 2.75) is 19.4 Å². The van der Waals surface area contributed by atoms with E-state index in [-0.39, 0.29) is 11.4 Å². The van der Waals surface area contributed by atoms with Gasteiger partial charge in [0.1, 0.15) is 17.0 Å². The summed E-state index contributed by atoms with van der Waals surface area (Å²) in [5.41, 5.74) is -0.948. The molecule has 0 radical (unpaired) electrons. The third-order valence-corrected chi connectivity index (χ3v) is 2.30. The molecule has 0 atom stereocenters. The number of benzene rings is 1. The van der Waals surface area contributed by atoms with E-state index in [0.717, 1.165) is 10.7 Å². The van der Waals surface area contributed by atoms with E-state index in [9.17, 15) is 13.9 Å². The summed E-state index contributed by atoms with van der Waals surface area (Å²) in [5.74, 6) is -1.96. The van der Waals surface area contributed by atoms with Gasteiger partial charge in [0.25, 0.3) is 0 Å². The van der Waals surface area contributed by atoms with Crippen LogP contribution >= 0.6 is 0 Å². The van der Waals surface area contributed by atoms with E-state index in [2.05, 4.69) is 10.3 Å². The molecule has 0 saturated carbocycles. The number of aromatic nitrogens is 3. The summed E-state index contributed by atoms with van der Waals surface area (Å²) in [5, 5.41) is 17.1. The quantitative estimate of drug-likeness (QED) is 0.869. The summed E-state index contributed by atoms with van der Waals surface area (Å²) in [7, 11) is 0. The second-order valence-corrected chi connectivity index (χ2v) is 4.18. The largest absolute Gasteiger partial charge is 0.384 e. The topological polar surface area (TPSA) is 50.9 Å². The zero-order chi connectivity index (χ0) is 12.6. The van der Waals surface area contributed by atoms with Crippen LogP contribution in [0.3, 0.4) is 0 Å². The molecule has 17 heavy (non-hydrogen) atoms. The lowest BCUT2D eigenvalue weighted by atomic mass is 10.1. The molecule has 90 valence electrons. The van der Waals surface area contributed by atoms with E-state index >= 15 is 0 Å². The van der Waals surface area contributed by atoms with Crippen LogP contribution in [0.1, 0.15) is 19.5 Å². The van der Waals surface area contributed by atoms with E-state index in [1.54, 1.807) is 0 Å². The highest BCUT2D eigenvalue weighted by Crippen LogP contribution is 2.19. The van der Waals surface area contributed by atoms with Gasteiger partial charge in [0.05, 0.1) is 6.20 Å². The second-order valence-electron chi connectivity index (χ2n) is 4.18. The fraction of sp³-hybridized carbons (Fsp3) is 0.273. The minimum absolute atomic E-state index is 0.0481. The summed E-state index contributed by atoms with van der Waals surface area (Å²) in [6.07, 6.45) is 1.36. The van der Waals surface area contributed by atoms with E-state index in [4.69, 9.17) is 0 Å². The summed E-state index contributed by atoms with van der Waals surface area (Å²) in [6, 6.07) is 3.77. The Morgan fingerprint density at radius 3 is 2.59 bits per heavy atom. The van der Waals surface area contributed by atoms with Gasteiger partial charge < -0.3 is 5.11 Å². The minimum atomic E-state index is -1.18. The lowest BCUT2D eigenvalue weighted by Crippen LogP contribution is -2.15. The molecule has 0 aliphatic carbocycles. The Hall–Kier alpha value is -1.82. The molecule has 1 heterocycles. The van der Waals surface area contributed by atoms with Crippen LogP contribution in [0.15, 0.2) is 24.4 Å². The van der Waals surface area contributed by atoms with Gasteiger partial charge in [0, 0.05) is 0 Å². The summed E-state index contributed by atoms with van der Waals surface area (Å²) < 4.78 is 27.6. The van der Waals surface area contributed by atoms with Crippen molar-refractivity contribution in [2.75, 3.05) is 0 Å². The molecule has 2 rings (SSSR count). The lowest BCUT2D eigenvalue weighted by Gasteiger charge is -2.11. The van der Waals surface area contributed by atoms with Gasteiger partial charge in [-0.15, -0.1) is 5.10 Å². The van der Waals surface area contributed by atoms with Crippen molar-refractivity contribution in [1.29, 1.82) is 0 Å². The van der Waals surface area contributed by atoms with E-state index in [1.165, 1.54) is 32.2 Å². The van der Waals surface area contributed by atoms with Crippen LogP contribution in [0, 0.1) is 11.6 Å². The molecule has 6 heteroatoms. The molecular formula is C11H11F2N3O. The standard InChI is InChI=1S/C11H11F2N3O/c1-11(2,17)9-6-16(15-14-9)8-5-3-4-7(12)10(8)13/h3-6,17H,1-2H3. The van der Waals surface area contributed by atoms with Crippen molar-refractivity contribution in [1.82, 2.24) is 15.0 Å². The zero-order valence-electron chi connectivity index (χ0n) is 9.35. The van der Waals surface area contributed by atoms with Crippen LogP contribution in [0.2, 0.25) is 0 Å². The first-order valence-electron chi connectivity index (χ1n) is 4.99. The van der Waals surface area contributed by atoms with Crippen molar-refractivity contribution in [3.8, 4) is 5.69 Å². The summed E-state index contributed by atoms with van der Waals surface area (Å²) in [6.45, 7) is 3.06. The molecule has 0 bridgehead atoms. The minimum Gasteiger partial charge on any atom is -0.384 e. The highest BCUT2D eigenvalue weighted by atomic mass is 19.2. The van der Waals surface area contributed by atoms with Gasteiger partial charge >= 0.3 is 0 Å². The maximum absolute atomic E-state index is 13.5. The highest BCUT2D eigenvalue weighted by Gasteiger charge is 2.21. The molecule has 0 amide bonds. The maximum atomic E-state index is 13.5. The molecule has 1 aromatic heterocycles. The second kappa shape index (κ2) is 3.89. The van der Waals surface area contributed by atoms with E-state index in [1.807, 2.05) is 0 Å². The van der Waals surface area contributed by atoms with Crippen LogP contribution in [-0.4, -0.2) is 20.1 Å². The third kappa shape index (κ3) is 2.16. The first kappa shape index (κ1) is 11.7. The molecule has 2 aromatic rings. The predicted molar refractivity (Wildman–Crippen MR) is 56.5 cm³/mol. The molecule has 1 N–H and O–H groups in total. The van der Waals surface area contributed by atoms with Crippen LogP contribution in [-0.2, 0) is 5.60 Å². The molecule has 0 aliphatic heterocycles. The number of nitrogens with zero attached hydrogens (tertiary/aromatic N) is 3. The Labute approximate surface area is 96.5 Å². The molecule has 0 aliphatic rings. The molecule has 0 saturated heterocycles. The van der Waals surface area contributed by atoms with Crippen LogP contribution < -0.4 is 0 Å². The average Bonchev–Trinajstić information content (AvgIpc) is 2.70. The Morgan fingerprint density at radius 2 is 2.00 bits per heavy atom. The SMILES string of the molecule is CC(C)(O)c1cn(-c2cccc(F)c2F)nn1. The maximum Gasteiger partial charge on any atom is 0.184 e. The Bertz CT molecular complexity index is 546. The Kier molecular flexibility index (Phi) is 2.66. The van der Waals surface area contributed by atoms with Gasteiger partial charge in [-0.1, -0.05) is 11.3 Å². The van der Waals surface area contributed by atoms with Crippen LogP contribution in [0.5, 0.6) is 0 Å². The van der Waals surface area contributed by atoms with E-state index < -0.39 is 17.2 Å². The Balaban J connectivity index is 2.48. The number of aliphatic hydroxyl groups is 1. The van der Waals surface area contributed by atoms with Gasteiger partial charge in [-0.3, -0.25) is 0 Å². The van der Waals surface area contributed by atoms with Crippen molar-refractivity contribution in [3.63, 3.8) is 0 Å². The van der Waals surface area contributed by atoms with Crippen LogP contribution in [0.4, 0.5) is 8.78 Å². The van der Waals surface area contributed by atoms with Crippen LogP contribution in [0.25, 0.3) is 5.69 Å². The van der Waals surface area contributed by atoms with Gasteiger partial charge in [-0.25, -0.2) is 13.5 Å². The highest BCUT2D eigenvalue weighted by molar-refractivity contribution is 5.33. The Morgan fingerprint density at radius 1 is 1.29 bits per heavy atom. The van der Waals surface area contributed by atoms with Gasteiger partial charge in [0.15, 0.2) is 11.6 Å². The molecular weight excluding hydrogens is 228 g/mol. The van der Waals surface area contributed by atoms with Crippen molar-refractivity contribution >= 4 is 0 Å². The fourth-order valence-electron chi connectivity index (χ4n) is 1.33. The third-order valence-electron chi connectivity index (χ3n) is 2.30. The summed E-state index contributed by atoms with van der Waals surface area (Å²) >= 11 is 0. The first-order valence-corrected chi connectivity index (χ1v) is 4.99. The molecule has 0 spiro atoms.